The molecular formula is C24H40O5. The summed E-state index contributed by atoms with van der Waals surface area (Å²) in [5.41, 5.74) is -0.143. The van der Waals surface area contributed by atoms with Gasteiger partial charge in [0.25, 0.3) is 0 Å². The first-order valence-electron chi connectivity index (χ1n) is 11.8. The molecule has 5 nitrogen and oxygen atoms in total. The quantitative estimate of drug-likeness (QED) is 0.571. The first-order chi connectivity index (χ1) is 13.6. The molecule has 0 aromatic rings. The zero-order chi connectivity index (χ0) is 21.1. The average Bonchev–Trinajstić information content (AvgIpc) is 3.01. The molecule has 166 valence electrons. The Balaban J connectivity index is 1.61. The number of rotatable bonds is 4. The molecule has 0 heterocycles. The summed E-state index contributed by atoms with van der Waals surface area (Å²) in [7, 11) is 0. The van der Waals surface area contributed by atoms with Crippen LogP contribution in [0, 0.1) is 46.3 Å². The van der Waals surface area contributed by atoms with Gasteiger partial charge in [-0.3, -0.25) is 4.79 Å². The Kier molecular flexibility index (Phi) is 5.57. The molecule has 4 rings (SSSR count). The van der Waals surface area contributed by atoms with Gasteiger partial charge in [-0.2, -0.15) is 0 Å². The van der Waals surface area contributed by atoms with E-state index >= 15 is 0 Å². The second kappa shape index (κ2) is 7.49. The fourth-order valence-electron chi connectivity index (χ4n) is 8.68. The third-order valence-electron chi connectivity index (χ3n) is 10.3. The van der Waals surface area contributed by atoms with Gasteiger partial charge in [0.15, 0.2) is 0 Å². The third kappa shape index (κ3) is 3.27. The van der Waals surface area contributed by atoms with Crippen molar-refractivity contribution in [3.63, 3.8) is 0 Å². The van der Waals surface area contributed by atoms with Crippen molar-refractivity contribution in [3.8, 4) is 0 Å². The van der Waals surface area contributed by atoms with Crippen molar-refractivity contribution >= 4 is 5.97 Å². The predicted octanol–water partition coefficient (Wildman–Crippen LogP) is 3.45. The number of carboxylic acids is 1. The Bertz CT molecular complexity index is 637. The van der Waals surface area contributed by atoms with Crippen LogP contribution in [0.15, 0.2) is 0 Å². The fraction of sp³-hybridized carbons (Fsp3) is 0.958. The highest BCUT2D eigenvalue weighted by Gasteiger charge is 2.65. The minimum absolute atomic E-state index is 0.0957. The summed E-state index contributed by atoms with van der Waals surface area (Å²) in [6, 6.07) is 0. The molecule has 4 N–H and O–H groups in total. The molecule has 0 aromatic carbocycles. The Hall–Kier alpha value is -0.650. The van der Waals surface area contributed by atoms with Gasteiger partial charge in [-0.25, -0.2) is 0 Å². The molecule has 29 heavy (non-hydrogen) atoms. The second-order valence-electron chi connectivity index (χ2n) is 11.4. The topological polar surface area (TPSA) is 98.0 Å². The van der Waals surface area contributed by atoms with Crippen LogP contribution in [-0.2, 0) is 4.79 Å². The average molecular weight is 409 g/mol. The van der Waals surface area contributed by atoms with Crippen molar-refractivity contribution in [2.45, 2.75) is 96.9 Å². The van der Waals surface area contributed by atoms with E-state index in [9.17, 15) is 20.1 Å². The van der Waals surface area contributed by atoms with Crippen LogP contribution in [-0.4, -0.2) is 44.7 Å². The zero-order valence-electron chi connectivity index (χ0n) is 18.3. The van der Waals surface area contributed by atoms with E-state index in [1.807, 2.05) is 0 Å². The number of carbonyl (C=O) groups is 1. The molecule has 0 aliphatic heterocycles. The van der Waals surface area contributed by atoms with Crippen molar-refractivity contribution in [2.75, 3.05) is 0 Å². The molecule has 4 fully saturated rings. The zero-order valence-corrected chi connectivity index (χ0v) is 18.3. The fourth-order valence-corrected chi connectivity index (χ4v) is 8.68. The monoisotopic (exact) mass is 408 g/mol. The number of carboxylic acid groups (broad SMARTS) is 1. The SMILES string of the molecule is C[C@@H](CCC(=O)O)[C@@H]1CC[C@@H]2[C@H]3[C@H](O)C[C@@H]4C[C@H](O)CC[C@]4(C)[C@@H]3C[C@H](O)[C@@]21C. The molecule has 4 aliphatic rings. The number of fused-ring (bicyclic) bond motifs is 5. The number of aliphatic carboxylic acids is 1. The summed E-state index contributed by atoms with van der Waals surface area (Å²) in [6.45, 7) is 6.72. The summed E-state index contributed by atoms with van der Waals surface area (Å²) < 4.78 is 0. The molecular weight excluding hydrogens is 368 g/mol. The van der Waals surface area contributed by atoms with Crippen molar-refractivity contribution in [2.24, 2.45) is 46.3 Å². The van der Waals surface area contributed by atoms with Crippen LogP contribution in [0.25, 0.3) is 0 Å². The van der Waals surface area contributed by atoms with E-state index in [1.165, 1.54) is 0 Å². The molecule has 11 atom stereocenters. The largest absolute Gasteiger partial charge is 0.481 e. The maximum absolute atomic E-state index is 11.5. The summed E-state index contributed by atoms with van der Waals surface area (Å²) in [5, 5.41) is 42.0. The first kappa shape index (κ1) is 21.6. The molecule has 0 radical (unpaired) electrons. The molecule has 0 bridgehead atoms. The standard InChI is InChI=1S/C24H40O5/c1-13(4-7-21(28)29)16-5-6-17-22-18(12-20(27)24(16,17)3)23(2)9-8-15(25)10-14(23)11-19(22)26/h13-20,22,25-27H,4-12H2,1-3H3,(H,28,29)/t13-,14-,15+,16-,17+,18+,19+,20-,22+,23-,24+/m0/s1. The van der Waals surface area contributed by atoms with Crippen molar-refractivity contribution in [1.82, 2.24) is 0 Å². The van der Waals surface area contributed by atoms with E-state index in [0.717, 1.165) is 44.9 Å². The summed E-state index contributed by atoms with van der Waals surface area (Å²) in [6.07, 6.45) is 6.00. The van der Waals surface area contributed by atoms with Crippen LogP contribution in [0.1, 0.15) is 78.6 Å². The van der Waals surface area contributed by atoms with Gasteiger partial charge in [-0.15, -0.1) is 0 Å². The van der Waals surface area contributed by atoms with E-state index in [0.29, 0.717) is 30.1 Å². The number of hydrogen-bond acceptors (Lipinski definition) is 4. The second-order valence-corrected chi connectivity index (χ2v) is 11.4. The van der Waals surface area contributed by atoms with Gasteiger partial charge in [0.2, 0.25) is 0 Å². The van der Waals surface area contributed by atoms with Gasteiger partial charge in [-0.05, 0) is 97.7 Å². The Morgan fingerprint density at radius 2 is 1.76 bits per heavy atom. The highest BCUT2D eigenvalue weighted by atomic mass is 16.4. The lowest BCUT2D eigenvalue weighted by Gasteiger charge is -2.63. The summed E-state index contributed by atoms with van der Waals surface area (Å²) in [4.78, 5) is 11.1. The minimum atomic E-state index is -0.748. The molecule has 4 saturated carbocycles. The normalized spacial score (nSPS) is 52.9. The lowest BCUT2D eigenvalue weighted by atomic mass is 9.43. The Morgan fingerprint density at radius 1 is 1.03 bits per heavy atom. The van der Waals surface area contributed by atoms with E-state index in [1.54, 1.807) is 0 Å². The van der Waals surface area contributed by atoms with Gasteiger partial charge in [0, 0.05) is 6.42 Å². The maximum Gasteiger partial charge on any atom is 0.303 e. The van der Waals surface area contributed by atoms with E-state index in [4.69, 9.17) is 5.11 Å². The van der Waals surface area contributed by atoms with Gasteiger partial charge < -0.3 is 20.4 Å². The van der Waals surface area contributed by atoms with Crippen LogP contribution in [0.4, 0.5) is 0 Å². The molecule has 0 aromatic heterocycles. The molecule has 0 saturated heterocycles. The first-order valence-corrected chi connectivity index (χ1v) is 11.8. The van der Waals surface area contributed by atoms with Crippen LogP contribution < -0.4 is 0 Å². The summed E-state index contributed by atoms with van der Waals surface area (Å²) >= 11 is 0. The van der Waals surface area contributed by atoms with Crippen molar-refractivity contribution in [1.29, 1.82) is 0 Å². The molecule has 0 spiro atoms. The number of aliphatic hydroxyl groups excluding tert-OH is 3. The highest BCUT2D eigenvalue weighted by Crippen LogP contribution is 2.68. The van der Waals surface area contributed by atoms with E-state index in [2.05, 4.69) is 20.8 Å². The molecule has 0 amide bonds. The van der Waals surface area contributed by atoms with Gasteiger partial charge in [-0.1, -0.05) is 20.8 Å². The van der Waals surface area contributed by atoms with Crippen molar-refractivity contribution < 1.29 is 25.2 Å². The van der Waals surface area contributed by atoms with Gasteiger partial charge in [0.1, 0.15) is 0 Å². The number of aliphatic hydroxyl groups is 3. The van der Waals surface area contributed by atoms with E-state index in [-0.39, 0.29) is 41.3 Å². The predicted molar refractivity (Wildman–Crippen MR) is 110 cm³/mol. The Morgan fingerprint density at radius 3 is 2.45 bits per heavy atom. The van der Waals surface area contributed by atoms with Gasteiger partial charge >= 0.3 is 5.97 Å². The molecule has 0 unspecified atom stereocenters. The summed E-state index contributed by atoms with van der Waals surface area (Å²) in [5.74, 6) is 0.997. The molecule has 5 heteroatoms. The van der Waals surface area contributed by atoms with Gasteiger partial charge in [0.05, 0.1) is 18.3 Å². The lowest BCUT2D eigenvalue weighted by molar-refractivity contribution is -0.207. The molecule has 4 aliphatic carbocycles. The van der Waals surface area contributed by atoms with E-state index < -0.39 is 12.1 Å². The van der Waals surface area contributed by atoms with Crippen LogP contribution in [0.3, 0.4) is 0 Å². The van der Waals surface area contributed by atoms with Crippen molar-refractivity contribution in [3.05, 3.63) is 0 Å². The smallest absolute Gasteiger partial charge is 0.303 e. The maximum atomic E-state index is 11.5. The highest BCUT2D eigenvalue weighted by molar-refractivity contribution is 5.66. The lowest BCUT2D eigenvalue weighted by Crippen LogP contribution is -2.62. The van der Waals surface area contributed by atoms with Crippen LogP contribution in [0.2, 0.25) is 0 Å². The Labute approximate surface area is 174 Å². The third-order valence-corrected chi connectivity index (χ3v) is 10.3. The van der Waals surface area contributed by atoms with Crippen LogP contribution in [0.5, 0.6) is 0 Å². The number of hydrogen-bond donors (Lipinski definition) is 4. The van der Waals surface area contributed by atoms with Crippen LogP contribution >= 0.6 is 0 Å². The minimum Gasteiger partial charge on any atom is -0.481 e.